The zero-order valence-electron chi connectivity index (χ0n) is 16.7. The lowest BCUT2D eigenvalue weighted by molar-refractivity contribution is -0.274. The van der Waals surface area contributed by atoms with E-state index in [0.29, 0.717) is 17.1 Å². The Bertz CT molecular complexity index is 1110. The van der Waals surface area contributed by atoms with E-state index in [1.807, 2.05) is 0 Å². The number of pyridine rings is 1. The van der Waals surface area contributed by atoms with Gasteiger partial charge in [0.05, 0.1) is 42.4 Å². The molecule has 0 aliphatic rings. The first-order valence-corrected chi connectivity index (χ1v) is 9.29. The Morgan fingerprint density at radius 1 is 1.03 bits per heavy atom. The zero-order valence-corrected chi connectivity index (χ0v) is 17.5. The standard InChI is InChI=1S/C21H16ClF3N2O5/c1-29-13-4-6-17(15(9-13)20(28)30-2)27-12-3-8-19(26-11-12)31-18-7-5-14(10-16(18)22)32-21(23,24)25/h3-11,27H,1-2H3. The summed E-state index contributed by atoms with van der Waals surface area (Å²) in [6.45, 7) is 0. The highest BCUT2D eigenvalue weighted by atomic mass is 35.5. The van der Waals surface area contributed by atoms with Crippen molar-refractivity contribution < 1.29 is 36.9 Å². The van der Waals surface area contributed by atoms with Gasteiger partial charge < -0.3 is 24.3 Å². The number of carbonyl (C=O) groups excluding carboxylic acids is 1. The molecule has 0 radical (unpaired) electrons. The lowest BCUT2D eigenvalue weighted by atomic mass is 10.1. The first-order chi connectivity index (χ1) is 15.2. The normalized spacial score (nSPS) is 10.9. The predicted octanol–water partition coefficient (Wildman–Crippen LogP) is 5.96. The highest BCUT2D eigenvalue weighted by Crippen LogP contribution is 2.34. The third kappa shape index (κ3) is 5.94. The molecule has 11 heteroatoms. The van der Waals surface area contributed by atoms with Crippen molar-refractivity contribution in [3.63, 3.8) is 0 Å². The molecule has 3 aromatic rings. The number of hydrogen-bond donors (Lipinski definition) is 1. The molecule has 0 bridgehead atoms. The maximum absolute atomic E-state index is 12.3. The van der Waals surface area contributed by atoms with Crippen LogP contribution < -0.4 is 19.5 Å². The average molecular weight is 469 g/mol. The fourth-order valence-corrected chi connectivity index (χ4v) is 2.79. The number of halogens is 4. The number of anilines is 2. The molecule has 0 saturated carbocycles. The smallest absolute Gasteiger partial charge is 0.497 e. The van der Waals surface area contributed by atoms with Crippen molar-refractivity contribution in [1.29, 1.82) is 0 Å². The van der Waals surface area contributed by atoms with Gasteiger partial charge in [0.1, 0.15) is 17.2 Å². The van der Waals surface area contributed by atoms with Gasteiger partial charge >= 0.3 is 12.3 Å². The van der Waals surface area contributed by atoms with E-state index in [1.54, 1.807) is 18.2 Å². The van der Waals surface area contributed by atoms with E-state index < -0.39 is 18.1 Å². The predicted molar refractivity (Wildman–Crippen MR) is 110 cm³/mol. The molecule has 1 N–H and O–H groups in total. The van der Waals surface area contributed by atoms with E-state index in [2.05, 4.69) is 15.0 Å². The van der Waals surface area contributed by atoms with E-state index in [4.69, 9.17) is 25.8 Å². The third-order valence-corrected chi connectivity index (χ3v) is 4.29. The molecule has 0 aliphatic heterocycles. The van der Waals surface area contributed by atoms with Crippen molar-refractivity contribution in [2.75, 3.05) is 19.5 Å². The number of carbonyl (C=O) groups is 1. The summed E-state index contributed by atoms with van der Waals surface area (Å²) in [5, 5.41) is 2.96. The molecule has 32 heavy (non-hydrogen) atoms. The number of esters is 1. The summed E-state index contributed by atoms with van der Waals surface area (Å²) in [7, 11) is 2.75. The van der Waals surface area contributed by atoms with E-state index in [9.17, 15) is 18.0 Å². The summed E-state index contributed by atoms with van der Waals surface area (Å²) in [5.74, 6) is -0.293. The van der Waals surface area contributed by atoms with Crippen LogP contribution >= 0.6 is 11.6 Å². The van der Waals surface area contributed by atoms with Crippen molar-refractivity contribution in [2.24, 2.45) is 0 Å². The Labute approximate surface area is 185 Å². The van der Waals surface area contributed by atoms with Crippen LogP contribution in [0.4, 0.5) is 24.5 Å². The summed E-state index contributed by atoms with van der Waals surface area (Å²) in [5.41, 5.74) is 1.27. The largest absolute Gasteiger partial charge is 0.573 e. The lowest BCUT2D eigenvalue weighted by Gasteiger charge is -2.13. The molecule has 0 aliphatic carbocycles. The SMILES string of the molecule is COC(=O)c1cc(OC)ccc1Nc1ccc(Oc2ccc(OC(F)(F)F)cc2Cl)nc1. The van der Waals surface area contributed by atoms with Crippen LogP contribution in [0.3, 0.4) is 0 Å². The zero-order chi connectivity index (χ0) is 23.3. The monoisotopic (exact) mass is 468 g/mol. The molecule has 0 unspecified atom stereocenters. The molecular formula is C21H16ClF3N2O5. The highest BCUT2D eigenvalue weighted by molar-refractivity contribution is 6.32. The molecule has 0 atom stereocenters. The van der Waals surface area contributed by atoms with Gasteiger partial charge in [-0.15, -0.1) is 13.2 Å². The maximum Gasteiger partial charge on any atom is 0.573 e. The molecule has 3 rings (SSSR count). The minimum absolute atomic E-state index is 0.0864. The van der Waals surface area contributed by atoms with E-state index >= 15 is 0 Å². The van der Waals surface area contributed by atoms with Crippen LogP contribution in [0.15, 0.2) is 54.7 Å². The first kappa shape index (κ1) is 23.0. The van der Waals surface area contributed by atoms with Crippen LogP contribution in [0.1, 0.15) is 10.4 Å². The Morgan fingerprint density at radius 3 is 2.38 bits per heavy atom. The number of alkyl halides is 3. The van der Waals surface area contributed by atoms with Gasteiger partial charge in [0.2, 0.25) is 5.88 Å². The molecule has 2 aromatic carbocycles. The molecule has 0 fully saturated rings. The number of ether oxygens (including phenoxy) is 4. The number of rotatable bonds is 7. The molecule has 0 saturated heterocycles. The Morgan fingerprint density at radius 2 is 1.78 bits per heavy atom. The summed E-state index contributed by atoms with van der Waals surface area (Å²) in [6, 6.07) is 11.3. The number of methoxy groups -OCH3 is 2. The van der Waals surface area contributed by atoms with Gasteiger partial charge in [-0.3, -0.25) is 0 Å². The van der Waals surface area contributed by atoms with Crippen molar-refractivity contribution in [3.05, 3.63) is 65.3 Å². The van der Waals surface area contributed by atoms with Crippen molar-refractivity contribution in [1.82, 2.24) is 4.98 Å². The van der Waals surface area contributed by atoms with Crippen molar-refractivity contribution in [3.8, 4) is 23.1 Å². The van der Waals surface area contributed by atoms with Gasteiger partial charge in [0, 0.05) is 12.1 Å². The molecule has 1 aromatic heterocycles. The molecule has 0 spiro atoms. The Kier molecular flexibility index (Phi) is 6.94. The fraction of sp³-hybridized carbons (Fsp3) is 0.143. The average Bonchev–Trinajstić information content (AvgIpc) is 2.75. The van der Waals surface area contributed by atoms with Gasteiger partial charge in [-0.2, -0.15) is 0 Å². The molecule has 168 valence electrons. The van der Waals surface area contributed by atoms with Crippen LogP contribution in [0.5, 0.6) is 23.1 Å². The van der Waals surface area contributed by atoms with Gasteiger partial charge in [-0.1, -0.05) is 11.6 Å². The summed E-state index contributed by atoms with van der Waals surface area (Å²) < 4.78 is 56.1. The quantitative estimate of drug-likeness (QED) is 0.428. The number of benzene rings is 2. The van der Waals surface area contributed by atoms with Crippen LogP contribution in [-0.4, -0.2) is 31.5 Å². The second-order valence-corrected chi connectivity index (χ2v) is 6.56. The summed E-state index contributed by atoms with van der Waals surface area (Å²) >= 11 is 5.97. The second kappa shape index (κ2) is 9.65. The molecule has 7 nitrogen and oxygen atoms in total. The van der Waals surface area contributed by atoms with Crippen LogP contribution in [-0.2, 0) is 4.74 Å². The van der Waals surface area contributed by atoms with E-state index in [0.717, 1.165) is 12.1 Å². The second-order valence-electron chi connectivity index (χ2n) is 6.16. The number of nitrogens with zero attached hydrogens (tertiary/aromatic N) is 1. The highest BCUT2D eigenvalue weighted by Gasteiger charge is 2.31. The first-order valence-electron chi connectivity index (χ1n) is 8.91. The number of nitrogens with one attached hydrogen (secondary N) is 1. The molecule has 1 heterocycles. The van der Waals surface area contributed by atoms with Crippen molar-refractivity contribution in [2.45, 2.75) is 6.36 Å². The fourth-order valence-electron chi connectivity index (χ4n) is 2.58. The van der Waals surface area contributed by atoms with E-state index in [-0.39, 0.29) is 22.2 Å². The summed E-state index contributed by atoms with van der Waals surface area (Å²) in [4.78, 5) is 16.2. The van der Waals surface area contributed by atoms with Gasteiger partial charge in [0.25, 0.3) is 0 Å². The molecular weight excluding hydrogens is 453 g/mol. The van der Waals surface area contributed by atoms with Gasteiger partial charge in [-0.25, -0.2) is 9.78 Å². The topological polar surface area (TPSA) is 78.9 Å². The summed E-state index contributed by atoms with van der Waals surface area (Å²) in [6.07, 6.45) is -3.39. The van der Waals surface area contributed by atoms with Crippen molar-refractivity contribution >= 4 is 28.9 Å². The minimum Gasteiger partial charge on any atom is -0.497 e. The number of aromatic nitrogens is 1. The van der Waals surface area contributed by atoms with Gasteiger partial charge in [-0.05, 0) is 36.4 Å². The third-order valence-electron chi connectivity index (χ3n) is 4.00. The minimum atomic E-state index is -4.83. The lowest BCUT2D eigenvalue weighted by Crippen LogP contribution is -2.17. The van der Waals surface area contributed by atoms with Crippen LogP contribution in [0.2, 0.25) is 5.02 Å². The Hall–Kier alpha value is -3.66. The van der Waals surface area contributed by atoms with Crippen LogP contribution in [0.25, 0.3) is 0 Å². The molecule has 0 amide bonds. The van der Waals surface area contributed by atoms with Crippen LogP contribution in [0, 0.1) is 0 Å². The van der Waals surface area contributed by atoms with E-state index in [1.165, 1.54) is 38.6 Å². The number of hydrogen-bond acceptors (Lipinski definition) is 7. The Balaban J connectivity index is 1.73. The van der Waals surface area contributed by atoms with Gasteiger partial charge in [0.15, 0.2) is 0 Å². The maximum atomic E-state index is 12.3.